The molecule has 0 fully saturated rings. The molecule has 0 saturated carbocycles. The van der Waals surface area contributed by atoms with Crippen LogP contribution in [0.2, 0.25) is 0 Å². The fourth-order valence-electron chi connectivity index (χ4n) is 1.11. The largest absolute Gasteiger partial charge is 0.461 e. The van der Waals surface area contributed by atoms with Crippen LogP contribution in [0.4, 0.5) is 43.9 Å². The normalized spacial score (nSPS) is 17.1. The van der Waals surface area contributed by atoms with Crippen molar-refractivity contribution < 1.29 is 53.4 Å². The van der Waals surface area contributed by atoms with Gasteiger partial charge >= 0.3 is 30.2 Å². The SMILES string of the molecule is CCC(C)(C(=O)OCC(F)(C(F)(F)F)C(F)(F)F)C(F)(F)F. The van der Waals surface area contributed by atoms with Crippen molar-refractivity contribution in [3.63, 3.8) is 0 Å². The lowest BCUT2D eigenvalue weighted by atomic mass is 9.87. The van der Waals surface area contributed by atoms with Crippen molar-refractivity contribution in [2.75, 3.05) is 6.61 Å². The fraction of sp³-hybridized carbons (Fsp3) is 0.900. The van der Waals surface area contributed by atoms with E-state index in [1.54, 1.807) is 0 Å². The summed E-state index contributed by atoms with van der Waals surface area (Å²) in [4.78, 5) is 11.2. The molecular formula is C10H10F10O2. The molecule has 0 aromatic carbocycles. The molecule has 1 atom stereocenters. The van der Waals surface area contributed by atoms with Crippen molar-refractivity contribution in [2.45, 2.75) is 44.5 Å². The molecular weight excluding hydrogens is 342 g/mol. The minimum absolute atomic E-state index is 0.219. The third-order valence-corrected chi connectivity index (χ3v) is 3.08. The second-order valence-electron chi connectivity index (χ2n) is 4.56. The van der Waals surface area contributed by atoms with Crippen LogP contribution < -0.4 is 0 Å². The molecule has 0 aromatic rings. The Labute approximate surface area is 117 Å². The summed E-state index contributed by atoms with van der Waals surface area (Å²) in [6, 6.07) is 0. The number of hydrogen-bond acceptors (Lipinski definition) is 2. The van der Waals surface area contributed by atoms with Crippen LogP contribution in [0.25, 0.3) is 0 Å². The van der Waals surface area contributed by atoms with E-state index in [0.29, 0.717) is 0 Å². The minimum atomic E-state index is -6.52. The molecule has 0 amide bonds. The number of halogens is 10. The molecule has 132 valence electrons. The van der Waals surface area contributed by atoms with E-state index in [1.807, 2.05) is 0 Å². The Morgan fingerprint density at radius 2 is 1.18 bits per heavy atom. The van der Waals surface area contributed by atoms with Crippen LogP contribution in [-0.4, -0.2) is 36.8 Å². The van der Waals surface area contributed by atoms with E-state index in [0.717, 1.165) is 6.92 Å². The Morgan fingerprint density at radius 3 is 1.41 bits per heavy atom. The van der Waals surface area contributed by atoms with Gasteiger partial charge in [-0.2, -0.15) is 39.5 Å². The molecule has 0 aromatic heterocycles. The van der Waals surface area contributed by atoms with Crippen molar-refractivity contribution in [3.05, 3.63) is 0 Å². The number of carbonyl (C=O) groups is 1. The zero-order valence-corrected chi connectivity index (χ0v) is 11.0. The zero-order chi connectivity index (χ0) is 18.2. The Morgan fingerprint density at radius 1 is 0.818 bits per heavy atom. The zero-order valence-electron chi connectivity index (χ0n) is 11.0. The smallest absolute Gasteiger partial charge is 0.435 e. The first kappa shape index (κ1) is 20.8. The summed E-state index contributed by atoms with van der Waals surface area (Å²) in [7, 11) is 0. The van der Waals surface area contributed by atoms with E-state index < -0.39 is 48.6 Å². The minimum Gasteiger partial charge on any atom is -0.461 e. The summed E-state index contributed by atoms with van der Waals surface area (Å²) >= 11 is 0. The van der Waals surface area contributed by atoms with Crippen LogP contribution in [0.3, 0.4) is 0 Å². The van der Waals surface area contributed by atoms with Crippen LogP contribution in [-0.2, 0) is 9.53 Å². The number of rotatable bonds is 4. The lowest BCUT2D eigenvalue weighted by molar-refractivity contribution is -0.350. The molecule has 2 nitrogen and oxygen atoms in total. The van der Waals surface area contributed by atoms with Crippen LogP contribution in [0.15, 0.2) is 0 Å². The van der Waals surface area contributed by atoms with E-state index in [9.17, 15) is 48.7 Å². The Kier molecular flexibility index (Phi) is 5.44. The van der Waals surface area contributed by atoms with E-state index in [4.69, 9.17) is 0 Å². The number of ether oxygens (including phenoxy) is 1. The van der Waals surface area contributed by atoms with Gasteiger partial charge in [0.15, 0.2) is 5.41 Å². The Bertz CT molecular complexity index is 393. The highest BCUT2D eigenvalue weighted by Crippen LogP contribution is 2.47. The molecule has 0 spiro atoms. The van der Waals surface area contributed by atoms with Gasteiger partial charge in [0.25, 0.3) is 0 Å². The molecule has 0 N–H and O–H groups in total. The van der Waals surface area contributed by atoms with E-state index in [-0.39, 0.29) is 6.92 Å². The first-order valence-electron chi connectivity index (χ1n) is 5.50. The topological polar surface area (TPSA) is 26.3 Å². The summed E-state index contributed by atoms with van der Waals surface area (Å²) in [6.45, 7) is -1.92. The maximum absolute atomic E-state index is 13.1. The highest BCUT2D eigenvalue weighted by Gasteiger charge is 2.73. The molecule has 1 unspecified atom stereocenters. The summed E-state index contributed by atoms with van der Waals surface area (Å²) in [5.74, 6) is -2.43. The van der Waals surface area contributed by atoms with Gasteiger partial charge in [-0.1, -0.05) is 6.92 Å². The van der Waals surface area contributed by atoms with Crippen molar-refractivity contribution >= 4 is 5.97 Å². The summed E-state index contributed by atoms with van der Waals surface area (Å²) < 4.78 is 127. The fourth-order valence-corrected chi connectivity index (χ4v) is 1.11. The maximum Gasteiger partial charge on any atom is 0.435 e. The van der Waals surface area contributed by atoms with Gasteiger partial charge in [-0.25, -0.2) is 4.39 Å². The average Bonchev–Trinajstić information content (AvgIpc) is 2.29. The second-order valence-corrected chi connectivity index (χ2v) is 4.56. The molecule has 0 bridgehead atoms. The van der Waals surface area contributed by atoms with Crippen molar-refractivity contribution in [1.29, 1.82) is 0 Å². The van der Waals surface area contributed by atoms with Crippen LogP contribution in [0.5, 0.6) is 0 Å². The second kappa shape index (κ2) is 5.76. The third-order valence-electron chi connectivity index (χ3n) is 3.08. The third kappa shape index (κ3) is 3.57. The molecule has 0 rings (SSSR count). The Hall–Kier alpha value is -1.23. The molecule has 12 heteroatoms. The van der Waals surface area contributed by atoms with E-state index in [1.165, 1.54) is 0 Å². The van der Waals surface area contributed by atoms with Crippen LogP contribution in [0, 0.1) is 5.41 Å². The lowest BCUT2D eigenvalue weighted by Gasteiger charge is -2.32. The number of hydrogen-bond donors (Lipinski definition) is 0. The van der Waals surface area contributed by atoms with Gasteiger partial charge in [-0.05, 0) is 13.3 Å². The number of esters is 1. The van der Waals surface area contributed by atoms with Gasteiger partial charge in [0.1, 0.15) is 6.61 Å². The molecule has 0 radical (unpaired) electrons. The van der Waals surface area contributed by atoms with Gasteiger partial charge in [-0.15, -0.1) is 0 Å². The Balaban J connectivity index is 5.39. The van der Waals surface area contributed by atoms with Crippen molar-refractivity contribution in [3.8, 4) is 0 Å². The molecule has 0 aliphatic heterocycles. The first-order chi connectivity index (χ1) is 9.44. The predicted molar refractivity (Wildman–Crippen MR) is 51.4 cm³/mol. The molecule has 0 aliphatic rings. The highest BCUT2D eigenvalue weighted by atomic mass is 19.4. The maximum atomic E-state index is 13.1. The van der Waals surface area contributed by atoms with Gasteiger partial charge in [0, 0.05) is 0 Å². The summed E-state index contributed by atoms with van der Waals surface area (Å²) in [5.41, 5.74) is -9.32. The molecule has 22 heavy (non-hydrogen) atoms. The molecule has 0 saturated heterocycles. The van der Waals surface area contributed by atoms with Gasteiger partial charge in [-0.3, -0.25) is 4.79 Å². The van der Waals surface area contributed by atoms with Gasteiger partial charge in [0.2, 0.25) is 0 Å². The monoisotopic (exact) mass is 352 g/mol. The summed E-state index contributed by atoms with van der Waals surface area (Å²) in [5, 5.41) is 0. The van der Waals surface area contributed by atoms with Gasteiger partial charge < -0.3 is 4.74 Å². The number of alkyl halides is 10. The van der Waals surface area contributed by atoms with Crippen LogP contribution >= 0.6 is 0 Å². The average molecular weight is 352 g/mol. The van der Waals surface area contributed by atoms with Crippen molar-refractivity contribution in [1.82, 2.24) is 0 Å². The number of carbonyl (C=O) groups excluding carboxylic acids is 1. The van der Waals surface area contributed by atoms with Crippen molar-refractivity contribution in [2.24, 2.45) is 5.41 Å². The van der Waals surface area contributed by atoms with E-state index >= 15 is 0 Å². The first-order valence-corrected chi connectivity index (χ1v) is 5.50. The standard InChI is InChI=1S/C10H10F10O2/c1-3-6(2,8(12,13)14)5(21)22-4-7(11,9(15,16)17)10(18,19)20/h3-4H2,1-2H3. The highest BCUT2D eigenvalue weighted by molar-refractivity contribution is 5.77. The van der Waals surface area contributed by atoms with Gasteiger partial charge in [0.05, 0.1) is 0 Å². The predicted octanol–water partition coefficient (Wildman–Crippen LogP) is 4.34. The molecule has 0 aliphatic carbocycles. The quantitative estimate of drug-likeness (QED) is 0.556. The lowest BCUT2D eigenvalue weighted by Crippen LogP contribution is -2.57. The van der Waals surface area contributed by atoms with E-state index in [2.05, 4.69) is 4.74 Å². The van der Waals surface area contributed by atoms with Crippen LogP contribution in [0.1, 0.15) is 20.3 Å². The molecule has 0 heterocycles. The summed E-state index contributed by atoms with van der Waals surface area (Å²) in [6.07, 6.45) is -19.4.